The van der Waals surface area contributed by atoms with Crippen LogP contribution in [0.1, 0.15) is 30.7 Å². The maximum Gasteiger partial charge on any atom is 0.140 e. The zero-order chi connectivity index (χ0) is 14.8. The first-order chi connectivity index (χ1) is 10.1. The molecule has 0 amide bonds. The van der Waals surface area contributed by atoms with E-state index in [-0.39, 0.29) is 29.7 Å². The van der Waals surface area contributed by atoms with Crippen LogP contribution in [0.15, 0.2) is 48.5 Å². The van der Waals surface area contributed by atoms with Crippen LogP contribution in [-0.2, 0) is 9.59 Å². The van der Waals surface area contributed by atoms with E-state index in [9.17, 15) is 14.0 Å². The molecular weight excluding hydrogens is 267 g/mol. The first-order valence-electron chi connectivity index (χ1n) is 7.01. The van der Waals surface area contributed by atoms with Gasteiger partial charge in [0.1, 0.15) is 17.4 Å². The highest BCUT2D eigenvalue weighted by Gasteiger charge is 2.26. The van der Waals surface area contributed by atoms with Gasteiger partial charge in [-0.05, 0) is 34.7 Å². The Kier molecular flexibility index (Phi) is 3.65. The summed E-state index contributed by atoms with van der Waals surface area (Å²) in [5.74, 6) is -0.260. The second-order valence-electron chi connectivity index (χ2n) is 5.49. The van der Waals surface area contributed by atoms with Crippen molar-refractivity contribution in [3.05, 3.63) is 59.9 Å². The SMILES string of the molecule is O=C1CC(=O)CC(c2cccc(-c3ccc(F)cc3)c2)C1. The van der Waals surface area contributed by atoms with E-state index >= 15 is 0 Å². The molecule has 2 nitrogen and oxygen atoms in total. The minimum atomic E-state index is -0.265. The predicted octanol–water partition coefficient (Wildman–Crippen LogP) is 3.90. The number of hydrogen-bond donors (Lipinski definition) is 0. The average molecular weight is 282 g/mol. The molecule has 0 radical (unpaired) electrons. The molecule has 0 saturated heterocycles. The van der Waals surface area contributed by atoms with E-state index < -0.39 is 0 Å². The molecule has 0 N–H and O–H groups in total. The summed E-state index contributed by atoms with van der Waals surface area (Å²) in [6.07, 6.45) is 0.936. The number of carbonyl (C=O) groups excluding carboxylic acids is 2. The van der Waals surface area contributed by atoms with E-state index in [1.165, 1.54) is 12.1 Å². The molecular formula is C18H15FO2. The molecule has 21 heavy (non-hydrogen) atoms. The largest absolute Gasteiger partial charge is 0.299 e. The van der Waals surface area contributed by atoms with Gasteiger partial charge in [-0.3, -0.25) is 9.59 Å². The molecule has 1 aliphatic rings. The van der Waals surface area contributed by atoms with Crippen LogP contribution < -0.4 is 0 Å². The van der Waals surface area contributed by atoms with Crippen molar-refractivity contribution < 1.29 is 14.0 Å². The van der Waals surface area contributed by atoms with Crippen molar-refractivity contribution in [1.82, 2.24) is 0 Å². The van der Waals surface area contributed by atoms with E-state index in [0.717, 1.165) is 16.7 Å². The normalized spacial score (nSPS) is 16.2. The quantitative estimate of drug-likeness (QED) is 0.783. The second-order valence-corrected chi connectivity index (χ2v) is 5.49. The Morgan fingerprint density at radius 1 is 0.857 bits per heavy atom. The lowest BCUT2D eigenvalue weighted by Gasteiger charge is -2.21. The third-order valence-corrected chi connectivity index (χ3v) is 3.88. The summed E-state index contributed by atoms with van der Waals surface area (Å²) in [6.45, 7) is 0. The van der Waals surface area contributed by atoms with Gasteiger partial charge in [0.25, 0.3) is 0 Å². The van der Waals surface area contributed by atoms with Crippen LogP contribution in [0.4, 0.5) is 4.39 Å². The first kappa shape index (κ1) is 13.7. The summed E-state index contributed by atoms with van der Waals surface area (Å²) >= 11 is 0. The number of Topliss-reactive ketones (excluding diaryl/α,β-unsaturated/α-hetero) is 2. The molecule has 0 aromatic heterocycles. The Labute approximate surface area is 122 Å². The zero-order valence-corrected chi connectivity index (χ0v) is 11.5. The first-order valence-corrected chi connectivity index (χ1v) is 7.01. The number of carbonyl (C=O) groups is 2. The summed E-state index contributed by atoms with van der Waals surface area (Å²) < 4.78 is 13.0. The van der Waals surface area contributed by atoms with Crippen molar-refractivity contribution in [2.45, 2.75) is 25.2 Å². The average Bonchev–Trinajstić information content (AvgIpc) is 2.47. The molecule has 106 valence electrons. The van der Waals surface area contributed by atoms with Crippen LogP contribution in [0.3, 0.4) is 0 Å². The molecule has 1 aliphatic carbocycles. The minimum absolute atomic E-state index is 0.0171. The molecule has 0 bridgehead atoms. The van der Waals surface area contributed by atoms with E-state index in [1.807, 2.05) is 24.3 Å². The Morgan fingerprint density at radius 2 is 1.52 bits per heavy atom. The van der Waals surface area contributed by atoms with Crippen LogP contribution in [0, 0.1) is 5.82 Å². The van der Waals surface area contributed by atoms with Gasteiger partial charge in [-0.1, -0.05) is 36.4 Å². The number of benzene rings is 2. The van der Waals surface area contributed by atoms with E-state index in [0.29, 0.717) is 12.8 Å². The van der Waals surface area contributed by atoms with Crippen LogP contribution in [0.2, 0.25) is 0 Å². The second kappa shape index (κ2) is 5.60. The monoisotopic (exact) mass is 282 g/mol. The molecule has 3 heteroatoms. The summed E-state index contributed by atoms with van der Waals surface area (Å²) in [7, 11) is 0. The maximum absolute atomic E-state index is 13.0. The van der Waals surface area contributed by atoms with Gasteiger partial charge in [0.05, 0.1) is 6.42 Å². The van der Waals surface area contributed by atoms with E-state index in [4.69, 9.17) is 0 Å². The van der Waals surface area contributed by atoms with Gasteiger partial charge in [0.2, 0.25) is 0 Å². The van der Waals surface area contributed by atoms with Crippen LogP contribution in [-0.4, -0.2) is 11.6 Å². The number of hydrogen-bond acceptors (Lipinski definition) is 2. The maximum atomic E-state index is 13.0. The smallest absolute Gasteiger partial charge is 0.140 e. The summed E-state index contributed by atoms with van der Waals surface area (Å²) in [5, 5.41) is 0. The Hall–Kier alpha value is -2.29. The highest BCUT2D eigenvalue weighted by Crippen LogP contribution is 2.31. The van der Waals surface area contributed by atoms with Crippen molar-refractivity contribution in [2.75, 3.05) is 0 Å². The van der Waals surface area contributed by atoms with Crippen LogP contribution >= 0.6 is 0 Å². The highest BCUT2D eigenvalue weighted by atomic mass is 19.1. The van der Waals surface area contributed by atoms with Crippen molar-refractivity contribution in [3.8, 4) is 11.1 Å². The van der Waals surface area contributed by atoms with Gasteiger partial charge in [-0.25, -0.2) is 4.39 Å². The lowest BCUT2D eigenvalue weighted by atomic mass is 9.82. The Balaban J connectivity index is 1.91. The fourth-order valence-electron chi connectivity index (χ4n) is 2.84. The third kappa shape index (κ3) is 3.07. The van der Waals surface area contributed by atoms with E-state index in [1.54, 1.807) is 12.1 Å². The fraction of sp³-hybridized carbons (Fsp3) is 0.222. The van der Waals surface area contributed by atoms with Crippen molar-refractivity contribution in [1.29, 1.82) is 0 Å². The highest BCUT2D eigenvalue weighted by molar-refractivity contribution is 6.02. The summed E-state index contributed by atoms with van der Waals surface area (Å²) in [6, 6.07) is 14.1. The number of rotatable bonds is 2. The molecule has 0 unspecified atom stereocenters. The molecule has 2 aromatic carbocycles. The molecule has 0 atom stereocenters. The number of halogens is 1. The Morgan fingerprint density at radius 3 is 2.19 bits per heavy atom. The molecule has 1 fully saturated rings. The molecule has 0 heterocycles. The fourth-order valence-corrected chi connectivity index (χ4v) is 2.84. The summed E-state index contributed by atoms with van der Waals surface area (Å²) in [5.41, 5.74) is 2.89. The van der Waals surface area contributed by atoms with Gasteiger partial charge in [-0.2, -0.15) is 0 Å². The molecule has 0 aliphatic heterocycles. The Bertz CT molecular complexity index is 673. The van der Waals surface area contributed by atoms with Crippen molar-refractivity contribution in [2.24, 2.45) is 0 Å². The van der Waals surface area contributed by atoms with E-state index in [2.05, 4.69) is 0 Å². The van der Waals surface area contributed by atoms with Crippen LogP contribution in [0.5, 0.6) is 0 Å². The summed E-state index contributed by atoms with van der Waals surface area (Å²) in [4.78, 5) is 23.2. The topological polar surface area (TPSA) is 34.1 Å². The predicted molar refractivity (Wildman–Crippen MR) is 78.4 cm³/mol. The van der Waals surface area contributed by atoms with Crippen molar-refractivity contribution >= 4 is 11.6 Å². The van der Waals surface area contributed by atoms with Crippen LogP contribution in [0.25, 0.3) is 11.1 Å². The van der Waals surface area contributed by atoms with Gasteiger partial charge < -0.3 is 0 Å². The zero-order valence-electron chi connectivity index (χ0n) is 11.5. The standard InChI is InChI=1S/C18H15FO2/c19-16-6-4-12(5-7-16)13-2-1-3-14(8-13)15-9-17(20)11-18(21)10-15/h1-8,15H,9-11H2. The van der Waals surface area contributed by atoms with Gasteiger partial charge in [0, 0.05) is 12.8 Å². The molecule has 1 saturated carbocycles. The molecule has 0 spiro atoms. The number of ketones is 2. The van der Waals surface area contributed by atoms with Gasteiger partial charge >= 0.3 is 0 Å². The van der Waals surface area contributed by atoms with Crippen molar-refractivity contribution in [3.63, 3.8) is 0 Å². The minimum Gasteiger partial charge on any atom is -0.299 e. The lowest BCUT2D eigenvalue weighted by molar-refractivity contribution is -0.130. The third-order valence-electron chi connectivity index (χ3n) is 3.88. The molecule has 3 rings (SSSR count). The molecule has 2 aromatic rings. The lowest BCUT2D eigenvalue weighted by Crippen LogP contribution is -2.21. The van der Waals surface area contributed by atoms with Gasteiger partial charge in [-0.15, -0.1) is 0 Å². The van der Waals surface area contributed by atoms with Gasteiger partial charge in [0.15, 0.2) is 0 Å².